The van der Waals surface area contributed by atoms with Crippen LogP contribution in [0.2, 0.25) is 0 Å². The molecule has 0 aliphatic carbocycles. The van der Waals surface area contributed by atoms with Gasteiger partial charge in [-0.15, -0.1) is 0 Å². The van der Waals surface area contributed by atoms with Crippen LogP contribution in [0, 0.1) is 0 Å². The van der Waals surface area contributed by atoms with Gasteiger partial charge in [-0.2, -0.15) is 0 Å². The van der Waals surface area contributed by atoms with Gasteiger partial charge in [-0.05, 0) is 26.0 Å². The number of rotatable bonds is 4. The molecular formula is C13H21N3O. The number of benzene rings is 1. The molecule has 4 N–H and O–H groups in total. The Morgan fingerprint density at radius 2 is 2.06 bits per heavy atom. The Hall–Kier alpha value is -1.10. The summed E-state index contributed by atoms with van der Waals surface area (Å²) in [7, 11) is 1.72. The van der Waals surface area contributed by atoms with Crippen LogP contribution in [-0.2, 0) is 0 Å². The molecule has 1 saturated heterocycles. The van der Waals surface area contributed by atoms with E-state index in [0.29, 0.717) is 24.5 Å². The molecule has 0 amide bonds. The van der Waals surface area contributed by atoms with Crippen molar-refractivity contribution < 1.29 is 4.74 Å². The van der Waals surface area contributed by atoms with E-state index in [2.05, 4.69) is 29.9 Å². The summed E-state index contributed by atoms with van der Waals surface area (Å²) in [6, 6.07) is 8.95. The van der Waals surface area contributed by atoms with Crippen molar-refractivity contribution in [1.29, 1.82) is 0 Å². The standard InChI is InChI=1S/C13H21N3O/c1-9-13(11(7-8-14)16-15-9)10-5-3-4-6-12(10)17-2/h3-6,9,11,13,15-16H,7-8,14H2,1-2H3. The highest BCUT2D eigenvalue weighted by Gasteiger charge is 2.35. The summed E-state index contributed by atoms with van der Waals surface area (Å²) >= 11 is 0. The van der Waals surface area contributed by atoms with Gasteiger partial charge in [0.2, 0.25) is 0 Å². The minimum Gasteiger partial charge on any atom is -0.496 e. The Kier molecular flexibility index (Phi) is 3.99. The van der Waals surface area contributed by atoms with E-state index in [0.717, 1.165) is 12.2 Å². The molecule has 4 heteroatoms. The first-order valence-electron chi connectivity index (χ1n) is 6.12. The number of para-hydroxylation sites is 1. The van der Waals surface area contributed by atoms with Crippen LogP contribution in [0.5, 0.6) is 5.75 Å². The van der Waals surface area contributed by atoms with Crippen molar-refractivity contribution in [3.8, 4) is 5.75 Å². The third-order valence-electron chi connectivity index (χ3n) is 3.44. The van der Waals surface area contributed by atoms with Gasteiger partial charge in [-0.25, -0.2) is 0 Å². The Labute approximate surface area is 103 Å². The van der Waals surface area contributed by atoms with E-state index in [1.165, 1.54) is 5.56 Å². The molecule has 1 fully saturated rings. The van der Waals surface area contributed by atoms with E-state index in [1.54, 1.807) is 7.11 Å². The topological polar surface area (TPSA) is 59.3 Å². The summed E-state index contributed by atoms with van der Waals surface area (Å²) in [4.78, 5) is 0. The van der Waals surface area contributed by atoms with Crippen LogP contribution in [0.15, 0.2) is 24.3 Å². The van der Waals surface area contributed by atoms with Crippen LogP contribution < -0.4 is 21.3 Å². The van der Waals surface area contributed by atoms with Gasteiger partial charge >= 0.3 is 0 Å². The molecule has 3 unspecified atom stereocenters. The highest BCUT2D eigenvalue weighted by atomic mass is 16.5. The second kappa shape index (κ2) is 5.49. The van der Waals surface area contributed by atoms with Crippen LogP contribution in [0.25, 0.3) is 0 Å². The fourth-order valence-electron chi connectivity index (χ4n) is 2.63. The van der Waals surface area contributed by atoms with Crippen LogP contribution in [0.4, 0.5) is 0 Å². The van der Waals surface area contributed by atoms with Gasteiger partial charge in [0.25, 0.3) is 0 Å². The van der Waals surface area contributed by atoms with Crippen molar-refractivity contribution in [3.05, 3.63) is 29.8 Å². The van der Waals surface area contributed by atoms with E-state index in [-0.39, 0.29) is 0 Å². The molecule has 2 rings (SSSR count). The van der Waals surface area contributed by atoms with Crippen LogP contribution >= 0.6 is 0 Å². The summed E-state index contributed by atoms with van der Waals surface area (Å²) < 4.78 is 5.45. The summed E-state index contributed by atoms with van der Waals surface area (Å²) in [5, 5.41) is 0. The van der Waals surface area contributed by atoms with Crippen molar-refractivity contribution in [3.63, 3.8) is 0 Å². The Morgan fingerprint density at radius 3 is 2.76 bits per heavy atom. The molecule has 1 heterocycles. The Balaban J connectivity index is 2.29. The molecule has 0 saturated carbocycles. The van der Waals surface area contributed by atoms with Gasteiger partial charge in [-0.1, -0.05) is 18.2 Å². The first-order valence-corrected chi connectivity index (χ1v) is 6.12. The SMILES string of the molecule is COc1ccccc1C1C(C)NNC1CCN. The number of nitrogens with one attached hydrogen (secondary N) is 2. The zero-order chi connectivity index (χ0) is 12.3. The van der Waals surface area contributed by atoms with E-state index in [4.69, 9.17) is 10.5 Å². The number of ether oxygens (including phenoxy) is 1. The summed E-state index contributed by atoms with van der Waals surface area (Å²) in [5.41, 5.74) is 13.5. The molecule has 1 aromatic carbocycles. The van der Waals surface area contributed by atoms with Crippen molar-refractivity contribution in [2.45, 2.75) is 31.3 Å². The minimum absolute atomic E-state index is 0.367. The molecule has 0 aromatic heterocycles. The predicted octanol–water partition coefficient (Wildman–Crippen LogP) is 0.993. The largest absolute Gasteiger partial charge is 0.496 e. The molecule has 17 heavy (non-hydrogen) atoms. The Morgan fingerprint density at radius 1 is 1.29 bits per heavy atom. The number of nitrogens with two attached hydrogens (primary N) is 1. The average Bonchev–Trinajstić information content (AvgIpc) is 2.71. The van der Waals surface area contributed by atoms with E-state index < -0.39 is 0 Å². The third kappa shape index (κ3) is 2.44. The fourth-order valence-corrected chi connectivity index (χ4v) is 2.63. The van der Waals surface area contributed by atoms with E-state index in [1.807, 2.05) is 12.1 Å². The maximum absolute atomic E-state index is 5.67. The summed E-state index contributed by atoms with van der Waals surface area (Å²) in [6.07, 6.45) is 0.958. The Bertz CT molecular complexity index is 367. The molecule has 1 aromatic rings. The highest BCUT2D eigenvalue weighted by molar-refractivity contribution is 5.38. The lowest BCUT2D eigenvalue weighted by Gasteiger charge is -2.22. The molecule has 1 aliphatic rings. The zero-order valence-electron chi connectivity index (χ0n) is 10.4. The van der Waals surface area contributed by atoms with Crippen molar-refractivity contribution in [2.24, 2.45) is 5.73 Å². The van der Waals surface area contributed by atoms with E-state index >= 15 is 0 Å². The highest BCUT2D eigenvalue weighted by Crippen LogP contribution is 2.34. The van der Waals surface area contributed by atoms with Crippen molar-refractivity contribution in [2.75, 3.05) is 13.7 Å². The normalized spacial score (nSPS) is 28.3. The number of methoxy groups -OCH3 is 1. The molecule has 0 spiro atoms. The summed E-state index contributed by atoms with van der Waals surface area (Å²) in [6.45, 7) is 2.87. The first-order chi connectivity index (χ1) is 8.27. The number of hydrogen-bond donors (Lipinski definition) is 3. The molecule has 0 bridgehead atoms. The van der Waals surface area contributed by atoms with Gasteiger partial charge in [-0.3, -0.25) is 10.9 Å². The van der Waals surface area contributed by atoms with Gasteiger partial charge in [0.1, 0.15) is 5.75 Å². The van der Waals surface area contributed by atoms with E-state index in [9.17, 15) is 0 Å². The van der Waals surface area contributed by atoms with Crippen molar-refractivity contribution >= 4 is 0 Å². The van der Waals surface area contributed by atoms with Gasteiger partial charge in [0, 0.05) is 23.6 Å². The molecular weight excluding hydrogens is 214 g/mol. The van der Waals surface area contributed by atoms with Gasteiger partial charge in [0.05, 0.1) is 7.11 Å². The maximum Gasteiger partial charge on any atom is 0.122 e. The quantitative estimate of drug-likeness (QED) is 0.728. The monoisotopic (exact) mass is 235 g/mol. The van der Waals surface area contributed by atoms with Gasteiger partial charge < -0.3 is 10.5 Å². The number of hydrogen-bond acceptors (Lipinski definition) is 4. The third-order valence-corrected chi connectivity index (χ3v) is 3.44. The van der Waals surface area contributed by atoms with Crippen LogP contribution in [0.3, 0.4) is 0 Å². The first kappa shape index (κ1) is 12.4. The minimum atomic E-state index is 0.367. The van der Waals surface area contributed by atoms with Crippen molar-refractivity contribution in [1.82, 2.24) is 10.9 Å². The lowest BCUT2D eigenvalue weighted by Crippen LogP contribution is -2.33. The summed E-state index contributed by atoms with van der Waals surface area (Å²) in [5.74, 6) is 1.35. The molecule has 0 radical (unpaired) electrons. The second-order valence-electron chi connectivity index (χ2n) is 4.53. The van der Waals surface area contributed by atoms with Crippen LogP contribution in [0.1, 0.15) is 24.8 Å². The average molecular weight is 235 g/mol. The molecule has 3 atom stereocenters. The van der Waals surface area contributed by atoms with Crippen LogP contribution in [-0.4, -0.2) is 25.7 Å². The lowest BCUT2D eigenvalue weighted by atomic mass is 9.86. The lowest BCUT2D eigenvalue weighted by molar-refractivity contribution is 0.397. The maximum atomic E-state index is 5.67. The molecule has 1 aliphatic heterocycles. The van der Waals surface area contributed by atoms with Gasteiger partial charge in [0.15, 0.2) is 0 Å². The zero-order valence-corrected chi connectivity index (χ0v) is 10.4. The molecule has 4 nitrogen and oxygen atoms in total. The number of hydrazine groups is 1. The second-order valence-corrected chi connectivity index (χ2v) is 4.53. The predicted molar refractivity (Wildman–Crippen MR) is 68.9 cm³/mol. The fraction of sp³-hybridized carbons (Fsp3) is 0.538. The smallest absolute Gasteiger partial charge is 0.122 e. The molecule has 94 valence electrons.